The average Bonchev–Trinajstić information content (AvgIpc) is 2.75. The van der Waals surface area contributed by atoms with Gasteiger partial charge in [0.15, 0.2) is 0 Å². The van der Waals surface area contributed by atoms with Crippen molar-refractivity contribution in [2.75, 3.05) is 12.4 Å². The number of carbonyl (C=O) groups excluding carboxylic acids is 4. The quantitative estimate of drug-likeness (QED) is 0.330. The maximum absolute atomic E-state index is 13.0. The Bertz CT molecular complexity index is 1330. The van der Waals surface area contributed by atoms with Gasteiger partial charge in [-0.2, -0.15) is 0 Å². The first kappa shape index (κ1) is 22.8. The molecular formula is C22H18ClN3O6. The van der Waals surface area contributed by atoms with E-state index in [2.05, 4.69) is 20.0 Å². The number of halogens is 1. The number of fused-ring (bicyclic) bond motifs is 1. The molecule has 3 aromatic rings. The molecule has 1 heterocycles. The van der Waals surface area contributed by atoms with Crippen LogP contribution in [0.3, 0.4) is 0 Å². The standard InChI is InChI=1S/C22H18ClN3O6/c1-10-4-6-13(11(2)8-10)25-21(30)18(27)16(19(28)22(31)32-3)17-20(29)26-15-9-12(23)5-7-14(15)24-17/h4-9,16H,1-3H3,(H,25,30)(H,26,29)/t16-/m1/s1. The number of amides is 1. The van der Waals surface area contributed by atoms with Gasteiger partial charge in [0, 0.05) is 10.7 Å². The molecule has 164 valence electrons. The van der Waals surface area contributed by atoms with Crippen LogP contribution in [0.5, 0.6) is 0 Å². The molecule has 1 aromatic heterocycles. The Morgan fingerprint density at radius 3 is 2.44 bits per heavy atom. The summed E-state index contributed by atoms with van der Waals surface area (Å²) in [4.78, 5) is 69.4. The number of aromatic amines is 1. The van der Waals surface area contributed by atoms with E-state index in [0.717, 1.165) is 12.7 Å². The van der Waals surface area contributed by atoms with Gasteiger partial charge in [-0.25, -0.2) is 9.78 Å². The van der Waals surface area contributed by atoms with Crippen LogP contribution in [-0.2, 0) is 23.9 Å². The van der Waals surface area contributed by atoms with Crippen LogP contribution < -0.4 is 10.9 Å². The van der Waals surface area contributed by atoms with E-state index in [-0.39, 0.29) is 11.0 Å². The van der Waals surface area contributed by atoms with Crippen molar-refractivity contribution in [3.05, 3.63) is 68.6 Å². The van der Waals surface area contributed by atoms with Crippen LogP contribution in [0.4, 0.5) is 5.69 Å². The second kappa shape index (κ2) is 9.11. The lowest BCUT2D eigenvalue weighted by Crippen LogP contribution is -2.39. The zero-order valence-electron chi connectivity index (χ0n) is 17.3. The number of nitrogens with zero attached hydrogens (tertiary/aromatic N) is 1. The molecule has 0 fully saturated rings. The lowest BCUT2D eigenvalue weighted by Gasteiger charge is -2.14. The molecule has 0 aliphatic heterocycles. The van der Waals surface area contributed by atoms with Gasteiger partial charge in [0.05, 0.1) is 18.1 Å². The summed E-state index contributed by atoms with van der Waals surface area (Å²) in [5, 5.41) is 2.74. The molecule has 0 bridgehead atoms. The normalized spacial score (nSPS) is 11.6. The molecule has 0 radical (unpaired) electrons. The summed E-state index contributed by atoms with van der Waals surface area (Å²) >= 11 is 5.90. The van der Waals surface area contributed by atoms with E-state index in [1.807, 2.05) is 6.92 Å². The summed E-state index contributed by atoms with van der Waals surface area (Å²) in [7, 11) is 0.942. The first-order chi connectivity index (χ1) is 15.1. The van der Waals surface area contributed by atoms with Gasteiger partial charge in [-0.3, -0.25) is 19.2 Å². The van der Waals surface area contributed by atoms with E-state index >= 15 is 0 Å². The number of methoxy groups -OCH3 is 1. The minimum atomic E-state index is -2.09. The second-order valence-corrected chi connectivity index (χ2v) is 7.47. The predicted molar refractivity (Wildman–Crippen MR) is 117 cm³/mol. The highest BCUT2D eigenvalue weighted by Gasteiger charge is 2.40. The van der Waals surface area contributed by atoms with E-state index in [4.69, 9.17) is 11.6 Å². The van der Waals surface area contributed by atoms with Gasteiger partial charge in [0.1, 0.15) is 11.6 Å². The number of hydrogen-bond donors (Lipinski definition) is 2. The molecule has 0 aliphatic rings. The summed E-state index contributed by atoms with van der Waals surface area (Å²) in [6.45, 7) is 3.59. The average molecular weight is 456 g/mol. The van der Waals surface area contributed by atoms with Crippen molar-refractivity contribution in [3.8, 4) is 0 Å². The molecule has 1 amide bonds. The van der Waals surface area contributed by atoms with Crippen molar-refractivity contribution in [2.45, 2.75) is 19.8 Å². The summed E-state index contributed by atoms with van der Waals surface area (Å²) in [5.41, 5.74) is 0.897. The Hall–Kier alpha value is -3.85. The molecule has 0 aliphatic carbocycles. The van der Waals surface area contributed by atoms with Gasteiger partial charge < -0.3 is 15.0 Å². The fourth-order valence-corrected chi connectivity index (χ4v) is 3.30. The molecule has 2 aromatic carbocycles. The molecule has 0 saturated heterocycles. The number of H-pyrrole nitrogens is 1. The highest BCUT2D eigenvalue weighted by Crippen LogP contribution is 2.21. The zero-order valence-corrected chi connectivity index (χ0v) is 18.1. The van der Waals surface area contributed by atoms with Crippen molar-refractivity contribution in [3.63, 3.8) is 0 Å². The van der Waals surface area contributed by atoms with Crippen LogP contribution in [0, 0.1) is 13.8 Å². The van der Waals surface area contributed by atoms with Crippen LogP contribution in [0.25, 0.3) is 11.0 Å². The van der Waals surface area contributed by atoms with Crippen molar-refractivity contribution in [2.24, 2.45) is 0 Å². The Morgan fingerprint density at radius 2 is 1.78 bits per heavy atom. The molecule has 0 saturated carbocycles. The number of rotatable bonds is 6. The Morgan fingerprint density at radius 1 is 1.06 bits per heavy atom. The van der Waals surface area contributed by atoms with Crippen molar-refractivity contribution in [1.29, 1.82) is 0 Å². The number of ether oxygens (including phenoxy) is 1. The number of ketones is 2. The number of hydrogen-bond acceptors (Lipinski definition) is 7. The van der Waals surface area contributed by atoms with E-state index in [1.54, 1.807) is 25.1 Å². The van der Waals surface area contributed by atoms with Gasteiger partial charge in [0.2, 0.25) is 5.78 Å². The van der Waals surface area contributed by atoms with Crippen LogP contribution in [-0.4, -0.2) is 40.5 Å². The minimum Gasteiger partial charge on any atom is -0.463 e. The molecular weight excluding hydrogens is 438 g/mol. The van der Waals surface area contributed by atoms with Crippen LogP contribution in [0.15, 0.2) is 41.2 Å². The Kier molecular flexibility index (Phi) is 6.50. The molecule has 32 heavy (non-hydrogen) atoms. The third-order valence-electron chi connectivity index (χ3n) is 4.72. The van der Waals surface area contributed by atoms with Crippen LogP contribution in [0.2, 0.25) is 5.02 Å². The van der Waals surface area contributed by atoms with Crippen molar-refractivity contribution < 1.29 is 23.9 Å². The largest absolute Gasteiger partial charge is 0.463 e. The summed E-state index contributed by atoms with van der Waals surface area (Å²) < 4.78 is 4.41. The molecule has 2 N–H and O–H groups in total. The SMILES string of the molecule is COC(=O)C(=O)[C@@H](C(=O)C(=O)Nc1ccc(C)cc1C)c1nc2ccc(Cl)cc2[nH]c1=O. The van der Waals surface area contributed by atoms with Gasteiger partial charge in [-0.05, 0) is 43.7 Å². The van der Waals surface area contributed by atoms with E-state index in [1.165, 1.54) is 18.2 Å². The van der Waals surface area contributed by atoms with Crippen molar-refractivity contribution in [1.82, 2.24) is 9.97 Å². The number of esters is 1. The topological polar surface area (TPSA) is 135 Å². The first-order valence-corrected chi connectivity index (χ1v) is 9.74. The predicted octanol–water partition coefficient (Wildman–Crippen LogP) is 2.23. The van der Waals surface area contributed by atoms with E-state index in [0.29, 0.717) is 16.3 Å². The van der Waals surface area contributed by atoms with Crippen molar-refractivity contribution >= 4 is 51.8 Å². The fraction of sp³-hybridized carbons (Fsp3) is 0.182. The van der Waals surface area contributed by atoms with E-state index in [9.17, 15) is 24.0 Å². The van der Waals surface area contributed by atoms with Gasteiger partial charge in [-0.15, -0.1) is 0 Å². The second-order valence-electron chi connectivity index (χ2n) is 7.04. The fourth-order valence-electron chi connectivity index (χ4n) is 3.12. The number of anilines is 1. The lowest BCUT2D eigenvalue weighted by atomic mass is 9.94. The molecule has 3 rings (SSSR count). The van der Waals surface area contributed by atoms with Gasteiger partial charge >= 0.3 is 5.97 Å². The first-order valence-electron chi connectivity index (χ1n) is 9.36. The van der Waals surface area contributed by atoms with Gasteiger partial charge in [0.25, 0.3) is 17.2 Å². The molecule has 10 heteroatoms. The van der Waals surface area contributed by atoms with Crippen LogP contribution >= 0.6 is 11.6 Å². The number of nitrogens with one attached hydrogen (secondary N) is 2. The number of aryl methyl sites for hydroxylation is 2. The highest BCUT2D eigenvalue weighted by molar-refractivity contribution is 6.52. The summed E-state index contributed by atoms with van der Waals surface area (Å²) in [6, 6.07) is 9.49. The third-order valence-corrected chi connectivity index (χ3v) is 4.95. The maximum Gasteiger partial charge on any atom is 0.375 e. The molecule has 9 nitrogen and oxygen atoms in total. The zero-order chi connectivity index (χ0) is 23.6. The summed E-state index contributed by atoms with van der Waals surface area (Å²) in [6.07, 6.45) is 0. The smallest absolute Gasteiger partial charge is 0.375 e. The Labute approximate surface area is 186 Å². The maximum atomic E-state index is 13.0. The number of aromatic nitrogens is 2. The Balaban J connectivity index is 2.06. The minimum absolute atomic E-state index is 0.203. The van der Waals surface area contributed by atoms with Crippen LogP contribution in [0.1, 0.15) is 22.7 Å². The number of Topliss-reactive ketones (excluding diaryl/α,β-unsaturated/α-hetero) is 2. The third kappa shape index (κ3) is 4.57. The lowest BCUT2D eigenvalue weighted by molar-refractivity contribution is -0.154. The summed E-state index contributed by atoms with van der Waals surface area (Å²) in [5.74, 6) is -7.38. The monoisotopic (exact) mass is 455 g/mol. The molecule has 1 atom stereocenters. The highest BCUT2D eigenvalue weighted by atomic mass is 35.5. The number of carbonyl (C=O) groups is 4. The number of benzene rings is 2. The van der Waals surface area contributed by atoms with E-state index < -0.39 is 40.6 Å². The molecule has 0 unspecified atom stereocenters. The van der Waals surface area contributed by atoms with Gasteiger partial charge in [-0.1, -0.05) is 29.3 Å². The molecule has 0 spiro atoms.